The average molecular weight is 354 g/mol. The van der Waals surface area contributed by atoms with Gasteiger partial charge in [0.1, 0.15) is 12.9 Å². The van der Waals surface area contributed by atoms with Gasteiger partial charge in [0.2, 0.25) is 0 Å². The zero-order chi connectivity index (χ0) is 18.8. The number of aliphatic imine (C=N–C) groups is 1. The molecule has 0 fully saturated rings. The zero-order valence-corrected chi connectivity index (χ0v) is 14.2. The first kappa shape index (κ1) is 18.9. The van der Waals surface area contributed by atoms with Gasteiger partial charge in [-0.2, -0.15) is 5.10 Å². The van der Waals surface area contributed by atoms with E-state index in [1.54, 1.807) is 4.90 Å². The molecular formula is C18H22N6O2. The first-order valence-electron chi connectivity index (χ1n) is 8.00. The van der Waals surface area contributed by atoms with Gasteiger partial charge in [0.25, 0.3) is 0 Å². The molecule has 136 valence electrons. The summed E-state index contributed by atoms with van der Waals surface area (Å²) in [6, 6.07) is 15.1. The van der Waals surface area contributed by atoms with Crippen LogP contribution in [0.2, 0.25) is 0 Å². The molecule has 2 aromatic rings. The van der Waals surface area contributed by atoms with Crippen LogP contribution >= 0.6 is 0 Å². The summed E-state index contributed by atoms with van der Waals surface area (Å²) < 4.78 is 0. The van der Waals surface area contributed by atoms with Crippen LogP contribution in [0.15, 0.2) is 58.6 Å². The van der Waals surface area contributed by atoms with Gasteiger partial charge in [-0.05, 0) is 41.8 Å². The predicted octanol–water partition coefficient (Wildman–Crippen LogP) is 1.24. The van der Waals surface area contributed by atoms with Gasteiger partial charge >= 0.3 is 5.97 Å². The maximum absolute atomic E-state index is 11.2. The molecule has 6 N–H and O–H groups in total. The molecule has 0 aromatic heterocycles. The predicted molar refractivity (Wildman–Crippen MR) is 104 cm³/mol. The van der Waals surface area contributed by atoms with E-state index in [1.165, 1.54) is 12.6 Å². The maximum Gasteiger partial charge on any atom is 0.323 e. The zero-order valence-electron chi connectivity index (χ0n) is 14.2. The smallest absolute Gasteiger partial charge is 0.323 e. The number of hydrogen-bond acceptors (Lipinski definition) is 6. The van der Waals surface area contributed by atoms with Crippen LogP contribution in [-0.2, 0) is 11.2 Å². The Hall–Kier alpha value is -3.39. The van der Waals surface area contributed by atoms with Gasteiger partial charge in [0.15, 0.2) is 0 Å². The average Bonchev–Trinajstić information content (AvgIpc) is 2.64. The lowest BCUT2D eigenvalue weighted by Gasteiger charge is -2.23. The number of aliphatic carboxylic acids is 1. The molecule has 2 aromatic carbocycles. The third-order valence-electron chi connectivity index (χ3n) is 3.68. The number of carbonyl (C=O) groups is 1. The lowest BCUT2D eigenvalue weighted by atomic mass is 10.1. The second-order valence-electron chi connectivity index (χ2n) is 5.53. The van der Waals surface area contributed by atoms with Crippen LogP contribution in [0.5, 0.6) is 0 Å². The molecule has 0 atom stereocenters. The van der Waals surface area contributed by atoms with E-state index in [2.05, 4.69) is 15.5 Å². The molecule has 26 heavy (non-hydrogen) atoms. The topological polar surface area (TPSA) is 129 Å². The van der Waals surface area contributed by atoms with Gasteiger partial charge in [0.05, 0.1) is 11.9 Å². The van der Waals surface area contributed by atoms with Crippen molar-refractivity contribution in [2.24, 2.45) is 21.8 Å². The number of carboxylic acid groups (broad SMARTS) is 1. The van der Waals surface area contributed by atoms with E-state index in [9.17, 15) is 9.90 Å². The quantitative estimate of drug-likeness (QED) is 0.232. The molecule has 0 amide bonds. The van der Waals surface area contributed by atoms with Crippen LogP contribution in [0.3, 0.4) is 0 Å². The third-order valence-corrected chi connectivity index (χ3v) is 3.68. The van der Waals surface area contributed by atoms with Crippen LogP contribution in [0.25, 0.3) is 0 Å². The van der Waals surface area contributed by atoms with E-state index in [1.807, 2.05) is 48.5 Å². The highest BCUT2D eigenvalue weighted by atomic mass is 16.4. The summed E-state index contributed by atoms with van der Waals surface area (Å²) in [6.45, 7) is 0.469. The van der Waals surface area contributed by atoms with E-state index in [0.29, 0.717) is 13.0 Å². The number of carboxylic acids is 1. The van der Waals surface area contributed by atoms with Crippen molar-refractivity contribution in [1.29, 1.82) is 0 Å². The van der Waals surface area contributed by atoms with Crippen molar-refractivity contribution in [3.63, 3.8) is 0 Å². The lowest BCUT2D eigenvalue weighted by molar-refractivity contribution is -0.135. The number of hydrogen-bond donors (Lipinski definition) is 4. The van der Waals surface area contributed by atoms with Crippen molar-refractivity contribution in [3.05, 3.63) is 59.7 Å². The molecule has 8 nitrogen and oxygen atoms in total. The monoisotopic (exact) mass is 354 g/mol. The SMILES string of the molecule is NN=Cc1cccc(N(CCc2ccc(N=CNN)cc2)CC(=O)O)c1. The van der Waals surface area contributed by atoms with Gasteiger partial charge in [-0.3, -0.25) is 4.79 Å². The number of anilines is 1. The van der Waals surface area contributed by atoms with Crippen molar-refractivity contribution < 1.29 is 9.90 Å². The molecule has 0 aliphatic rings. The summed E-state index contributed by atoms with van der Waals surface area (Å²) in [4.78, 5) is 17.1. The minimum Gasteiger partial charge on any atom is -0.480 e. The summed E-state index contributed by atoms with van der Waals surface area (Å²) >= 11 is 0. The summed E-state index contributed by atoms with van der Waals surface area (Å²) in [5.74, 6) is 9.44. The molecule has 8 heteroatoms. The summed E-state index contributed by atoms with van der Waals surface area (Å²) in [6.07, 6.45) is 3.63. The fourth-order valence-corrected chi connectivity index (χ4v) is 2.48. The Balaban J connectivity index is 2.09. The molecular weight excluding hydrogens is 332 g/mol. The molecule has 0 aliphatic heterocycles. The third kappa shape index (κ3) is 5.91. The number of nitrogens with two attached hydrogens (primary N) is 2. The second kappa shape index (κ2) is 9.80. The molecule has 0 bridgehead atoms. The van der Waals surface area contributed by atoms with Crippen LogP contribution < -0.4 is 22.0 Å². The molecule has 0 saturated carbocycles. The Morgan fingerprint density at radius 2 is 2.00 bits per heavy atom. The molecule has 0 spiro atoms. The van der Waals surface area contributed by atoms with E-state index in [0.717, 1.165) is 22.5 Å². The van der Waals surface area contributed by atoms with Crippen molar-refractivity contribution in [3.8, 4) is 0 Å². The Labute approximate surface area is 151 Å². The Bertz CT molecular complexity index is 774. The fraction of sp³-hybridized carbons (Fsp3) is 0.167. The van der Waals surface area contributed by atoms with Crippen molar-refractivity contribution in [2.45, 2.75) is 6.42 Å². The highest BCUT2D eigenvalue weighted by molar-refractivity contribution is 5.82. The molecule has 0 aliphatic carbocycles. The first-order chi connectivity index (χ1) is 12.6. The van der Waals surface area contributed by atoms with Crippen molar-refractivity contribution in [2.75, 3.05) is 18.0 Å². The summed E-state index contributed by atoms with van der Waals surface area (Å²) in [7, 11) is 0. The van der Waals surface area contributed by atoms with E-state index >= 15 is 0 Å². The van der Waals surface area contributed by atoms with Gasteiger partial charge < -0.3 is 21.3 Å². The number of rotatable bonds is 9. The molecule has 0 radical (unpaired) electrons. The molecule has 0 saturated heterocycles. The van der Waals surface area contributed by atoms with Crippen LogP contribution in [0.4, 0.5) is 11.4 Å². The fourth-order valence-electron chi connectivity index (χ4n) is 2.48. The molecule has 0 heterocycles. The van der Waals surface area contributed by atoms with Crippen molar-refractivity contribution in [1.82, 2.24) is 5.43 Å². The minimum absolute atomic E-state index is 0.0895. The normalized spacial score (nSPS) is 11.1. The largest absolute Gasteiger partial charge is 0.480 e. The van der Waals surface area contributed by atoms with Gasteiger partial charge in [-0.25, -0.2) is 10.8 Å². The Morgan fingerprint density at radius 3 is 2.65 bits per heavy atom. The number of benzene rings is 2. The second-order valence-corrected chi connectivity index (χ2v) is 5.53. The molecule has 0 unspecified atom stereocenters. The van der Waals surface area contributed by atoms with E-state index < -0.39 is 5.97 Å². The number of hydrazone groups is 1. The van der Waals surface area contributed by atoms with Crippen LogP contribution in [0.1, 0.15) is 11.1 Å². The van der Waals surface area contributed by atoms with Gasteiger partial charge in [-0.15, -0.1) is 0 Å². The number of nitrogens with zero attached hydrogens (tertiary/aromatic N) is 3. The number of hydrazine groups is 1. The van der Waals surface area contributed by atoms with E-state index in [4.69, 9.17) is 11.7 Å². The minimum atomic E-state index is -0.887. The summed E-state index contributed by atoms with van der Waals surface area (Å²) in [5, 5.41) is 12.7. The highest BCUT2D eigenvalue weighted by Gasteiger charge is 2.11. The van der Waals surface area contributed by atoms with Gasteiger partial charge in [-0.1, -0.05) is 24.3 Å². The lowest BCUT2D eigenvalue weighted by Crippen LogP contribution is -2.31. The maximum atomic E-state index is 11.2. The van der Waals surface area contributed by atoms with Crippen molar-refractivity contribution >= 4 is 29.9 Å². The Kier molecular flexibility index (Phi) is 7.14. The first-order valence-corrected chi connectivity index (χ1v) is 8.00. The Morgan fingerprint density at radius 1 is 1.23 bits per heavy atom. The van der Waals surface area contributed by atoms with Crippen LogP contribution in [-0.4, -0.2) is 36.7 Å². The van der Waals surface area contributed by atoms with Gasteiger partial charge in [0, 0.05) is 12.2 Å². The summed E-state index contributed by atoms with van der Waals surface area (Å²) in [5.41, 5.74) is 5.83. The van der Waals surface area contributed by atoms with Crippen LogP contribution in [0, 0.1) is 0 Å². The highest BCUT2D eigenvalue weighted by Crippen LogP contribution is 2.17. The molecule has 2 rings (SSSR count). The standard InChI is InChI=1S/C18H22N6O2/c19-22-11-15-2-1-3-17(10-15)24(12-18(25)26)9-8-14-4-6-16(7-5-14)21-13-23-20/h1-7,10-11,13H,8-9,12,19-20H2,(H,21,23)(H,25,26). The number of nitrogens with one attached hydrogen (secondary N) is 1. The van der Waals surface area contributed by atoms with E-state index in [-0.39, 0.29) is 6.54 Å².